The highest BCUT2D eigenvalue weighted by Gasteiger charge is 2.49. The highest BCUT2D eigenvalue weighted by molar-refractivity contribution is 5.92. The van der Waals surface area contributed by atoms with Crippen molar-refractivity contribution >= 4 is 11.8 Å². The van der Waals surface area contributed by atoms with E-state index in [-0.39, 0.29) is 23.7 Å². The third-order valence-corrected chi connectivity index (χ3v) is 4.60. The van der Waals surface area contributed by atoms with E-state index in [0.29, 0.717) is 39.3 Å². The van der Waals surface area contributed by atoms with Gasteiger partial charge in [-0.05, 0) is 6.42 Å². The molecule has 22 heavy (non-hydrogen) atoms. The van der Waals surface area contributed by atoms with Crippen LogP contribution in [-0.4, -0.2) is 87.3 Å². The summed E-state index contributed by atoms with van der Waals surface area (Å²) in [6.07, 6.45) is 0.694. The summed E-state index contributed by atoms with van der Waals surface area (Å²) in [5, 5.41) is 2.96. The van der Waals surface area contributed by atoms with Crippen LogP contribution in [-0.2, 0) is 19.1 Å². The molecule has 124 valence electrons. The molecule has 7 heteroatoms. The Morgan fingerprint density at radius 2 is 1.59 bits per heavy atom. The Kier molecular flexibility index (Phi) is 5.28. The van der Waals surface area contributed by atoms with Crippen molar-refractivity contribution in [2.45, 2.75) is 6.42 Å². The van der Waals surface area contributed by atoms with Crippen LogP contribution in [0.25, 0.3) is 0 Å². The van der Waals surface area contributed by atoms with Crippen molar-refractivity contribution in [3.05, 3.63) is 0 Å². The summed E-state index contributed by atoms with van der Waals surface area (Å²) >= 11 is 0. The van der Waals surface area contributed by atoms with E-state index >= 15 is 0 Å². The van der Waals surface area contributed by atoms with E-state index in [1.807, 2.05) is 4.90 Å². The fourth-order valence-corrected chi connectivity index (χ4v) is 3.07. The molecule has 0 aromatic carbocycles. The first kappa shape index (κ1) is 15.7. The minimum absolute atomic E-state index is 0.0277. The van der Waals surface area contributed by atoms with Crippen molar-refractivity contribution in [2.24, 2.45) is 11.8 Å². The highest BCUT2D eigenvalue weighted by Crippen LogP contribution is 2.40. The predicted molar refractivity (Wildman–Crippen MR) is 79.3 cm³/mol. The lowest BCUT2D eigenvalue weighted by atomic mass is 10.2. The standard InChI is InChI=1S/C15H25N3O4/c19-14(16-1-2-17-3-7-21-8-4-17)12-11-13(12)15(20)18-5-9-22-10-6-18/h12-13H,1-11H2,(H,16,19). The molecule has 2 saturated heterocycles. The fraction of sp³-hybridized carbons (Fsp3) is 0.867. The number of nitrogens with one attached hydrogen (secondary N) is 1. The fourth-order valence-electron chi connectivity index (χ4n) is 3.07. The average molecular weight is 311 g/mol. The zero-order chi connectivity index (χ0) is 15.4. The molecule has 0 aromatic rings. The molecule has 7 nitrogen and oxygen atoms in total. The molecule has 3 fully saturated rings. The number of rotatable bonds is 5. The first-order valence-corrected chi connectivity index (χ1v) is 8.20. The van der Waals surface area contributed by atoms with Crippen LogP contribution in [0.5, 0.6) is 0 Å². The second-order valence-corrected chi connectivity index (χ2v) is 6.13. The Morgan fingerprint density at radius 3 is 2.27 bits per heavy atom. The van der Waals surface area contributed by atoms with Crippen molar-refractivity contribution in [3.63, 3.8) is 0 Å². The summed E-state index contributed by atoms with van der Waals surface area (Å²) in [4.78, 5) is 28.5. The minimum atomic E-state index is -0.125. The second kappa shape index (κ2) is 7.39. The molecule has 1 aliphatic carbocycles. The van der Waals surface area contributed by atoms with E-state index in [1.165, 1.54) is 0 Å². The molecule has 2 unspecified atom stereocenters. The van der Waals surface area contributed by atoms with Crippen LogP contribution >= 0.6 is 0 Å². The largest absolute Gasteiger partial charge is 0.379 e. The van der Waals surface area contributed by atoms with Crippen molar-refractivity contribution in [3.8, 4) is 0 Å². The van der Waals surface area contributed by atoms with E-state index in [1.54, 1.807) is 0 Å². The van der Waals surface area contributed by atoms with Gasteiger partial charge in [0.25, 0.3) is 0 Å². The van der Waals surface area contributed by atoms with Crippen LogP contribution in [0.2, 0.25) is 0 Å². The maximum atomic E-state index is 12.3. The Bertz CT molecular complexity index is 406. The third kappa shape index (κ3) is 3.97. The van der Waals surface area contributed by atoms with Crippen LogP contribution in [0.15, 0.2) is 0 Å². The number of morpholine rings is 2. The lowest BCUT2D eigenvalue weighted by molar-refractivity contribution is -0.138. The normalized spacial score (nSPS) is 29.2. The number of ether oxygens (including phenoxy) is 2. The van der Waals surface area contributed by atoms with Crippen LogP contribution in [0, 0.1) is 11.8 Å². The number of hydrogen-bond acceptors (Lipinski definition) is 5. The number of hydrogen-bond donors (Lipinski definition) is 1. The van der Waals surface area contributed by atoms with Crippen LogP contribution in [0.4, 0.5) is 0 Å². The summed E-state index contributed by atoms with van der Waals surface area (Å²) in [6, 6.07) is 0. The van der Waals surface area contributed by atoms with Gasteiger partial charge in [0.1, 0.15) is 0 Å². The number of amides is 2. The number of carbonyl (C=O) groups excluding carboxylic acids is 2. The van der Waals surface area contributed by atoms with Crippen molar-refractivity contribution < 1.29 is 19.1 Å². The lowest BCUT2D eigenvalue weighted by Gasteiger charge is -2.27. The first-order valence-electron chi connectivity index (χ1n) is 8.20. The molecule has 2 aliphatic heterocycles. The van der Waals surface area contributed by atoms with Gasteiger partial charge in [0.2, 0.25) is 11.8 Å². The Morgan fingerprint density at radius 1 is 0.955 bits per heavy atom. The molecule has 3 rings (SSSR count). The lowest BCUT2D eigenvalue weighted by Crippen LogP contribution is -2.43. The molecule has 2 atom stereocenters. The van der Waals surface area contributed by atoms with Gasteiger partial charge in [-0.2, -0.15) is 0 Å². The zero-order valence-corrected chi connectivity index (χ0v) is 13.0. The maximum absolute atomic E-state index is 12.3. The summed E-state index contributed by atoms with van der Waals surface area (Å²) < 4.78 is 10.5. The predicted octanol–water partition coefficient (Wildman–Crippen LogP) is -1.07. The third-order valence-electron chi connectivity index (χ3n) is 4.60. The molecule has 0 radical (unpaired) electrons. The molecule has 0 aromatic heterocycles. The molecular weight excluding hydrogens is 286 g/mol. The zero-order valence-electron chi connectivity index (χ0n) is 13.0. The quantitative estimate of drug-likeness (QED) is 0.700. The van der Waals surface area contributed by atoms with Gasteiger partial charge in [0.05, 0.1) is 38.3 Å². The van der Waals surface area contributed by atoms with Crippen LogP contribution < -0.4 is 5.32 Å². The van der Waals surface area contributed by atoms with Crippen LogP contribution in [0.3, 0.4) is 0 Å². The SMILES string of the molecule is O=C(NCCN1CCOCC1)C1CC1C(=O)N1CCOCC1. The first-order chi connectivity index (χ1) is 10.8. The molecular formula is C15H25N3O4. The van der Waals surface area contributed by atoms with E-state index in [4.69, 9.17) is 9.47 Å². The molecule has 2 amide bonds. The summed E-state index contributed by atoms with van der Waals surface area (Å²) in [7, 11) is 0. The monoisotopic (exact) mass is 311 g/mol. The molecule has 0 bridgehead atoms. The van der Waals surface area contributed by atoms with Crippen LogP contribution in [0.1, 0.15) is 6.42 Å². The van der Waals surface area contributed by atoms with E-state index in [2.05, 4.69) is 10.2 Å². The van der Waals surface area contributed by atoms with Gasteiger partial charge >= 0.3 is 0 Å². The maximum Gasteiger partial charge on any atom is 0.226 e. The average Bonchev–Trinajstić information content (AvgIpc) is 3.37. The second-order valence-electron chi connectivity index (χ2n) is 6.13. The Balaban J connectivity index is 1.34. The summed E-state index contributed by atoms with van der Waals surface area (Å²) in [6.45, 7) is 7.41. The highest BCUT2D eigenvalue weighted by atomic mass is 16.5. The minimum Gasteiger partial charge on any atom is -0.379 e. The van der Waals surface area contributed by atoms with E-state index in [0.717, 1.165) is 32.8 Å². The van der Waals surface area contributed by atoms with Gasteiger partial charge in [-0.25, -0.2) is 0 Å². The molecule has 1 saturated carbocycles. The molecule has 3 aliphatic rings. The van der Waals surface area contributed by atoms with Crippen molar-refractivity contribution in [1.82, 2.24) is 15.1 Å². The summed E-state index contributed by atoms with van der Waals surface area (Å²) in [5.74, 6) is -0.0852. The van der Waals surface area contributed by atoms with Gasteiger partial charge in [-0.1, -0.05) is 0 Å². The van der Waals surface area contributed by atoms with Gasteiger partial charge < -0.3 is 19.7 Å². The Labute approximate surface area is 130 Å². The van der Waals surface area contributed by atoms with Gasteiger partial charge in [-0.15, -0.1) is 0 Å². The number of carbonyl (C=O) groups is 2. The van der Waals surface area contributed by atoms with E-state index < -0.39 is 0 Å². The molecule has 2 heterocycles. The van der Waals surface area contributed by atoms with E-state index in [9.17, 15) is 9.59 Å². The van der Waals surface area contributed by atoms with Crippen molar-refractivity contribution in [2.75, 3.05) is 65.7 Å². The number of nitrogens with zero attached hydrogens (tertiary/aromatic N) is 2. The van der Waals surface area contributed by atoms with Gasteiger partial charge in [0, 0.05) is 39.3 Å². The topological polar surface area (TPSA) is 71.1 Å². The van der Waals surface area contributed by atoms with Gasteiger partial charge in [0.15, 0.2) is 0 Å². The smallest absolute Gasteiger partial charge is 0.226 e. The van der Waals surface area contributed by atoms with Crippen molar-refractivity contribution in [1.29, 1.82) is 0 Å². The Hall–Kier alpha value is -1.18. The molecule has 1 N–H and O–H groups in total. The molecule has 0 spiro atoms. The van der Waals surface area contributed by atoms with Gasteiger partial charge in [-0.3, -0.25) is 14.5 Å². The summed E-state index contributed by atoms with van der Waals surface area (Å²) in [5.41, 5.74) is 0.